The number of aryl methyl sites for hydroxylation is 1. The highest BCUT2D eigenvalue weighted by molar-refractivity contribution is 7.90. The highest BCUT2D eigenvalue weighted by Crippen LogP contribution is 2.30. The highest BCUT2D eigenvalue weighted by Gasteiger charge is 2.25. The number of aromatic nitrogens is 1. The van der Waals surface area contributed by atoms with Gasteiger partial charge in [0.25, 0.3) is 0 Å². The summed E-state index contributed by atoms with van der Waals surface area (Å²) in [6.07, 6.45) is 1.13. The number of aromatic amines is 1. The summed E-state index contributed by atoms with van der Waals surface area (Å²) in [6, 6.07) is 3.82. The molecule has 0 fully saturated rings. The second-order valence-corrected chi connectivity index (χ2v) is 6.99. The Labute approximate surface area is 123 Å². The molecule has 6 nitrogen and oxygen atoms in total. The number of hydrogen-bond acceptors (Lipinski definition) is 4. The van der Waals surface area contributed by atoms with E-state index < -0.39 is 21.8 Å². The number of fused-ring (bicyclic) bond motifs is 1. The van der Waals surface area contributed by atoms with Gasteiger partial charge in [-0.2, -0.15) is 0 Å². The van der Waals surface area contributed by atoms with Crippen LogP contribution in [0.4, 0.5) is 0 Å². The second-order valence-electron chi connectivity index (χ2n) is 4.97. The van der Waals surface area contributed by atoms with Crippen molar-refractivity contribution in [1.29, 1.82) is 0 Å². The molecule has 0 aliphatic rings. The molecule has 7 heteroatoms. The summed E-state index contributed by atoms with van der Waals surface area (Å²) in [4.78, 5) is 14.7. The Kier molecular flexibility index (Phi) is 4.06. The summed E-state index contributed by atoms with van der Waals surface area (Å²) < 4.78 is 23.4. The first-order chi connectivity index (χ1) is 9.75. The van der Waals surface area contributed by atoms with Crippen molar-refractivity contribution in [3.05, 3.63) is 29.5 Å². The zero-order valence-electron chi connectivity index (χ0n) is 12.1. The third-order valence-corrected chi connectivity index (χ3v) is 4.49. The van der Waals surface area contributed by atoms with Crippen molar-refractivity contribution in [2.45, 2.75) is 24.8 Å². The molecule has 1 aromatic heterocycles. The van der Waals surface area contributed by atoms with E-state index in [4.69, 9.17) is 0 Å². The first kappa shape index (κ1) is 15.5. The lowest BCUT2D eigenvalue weighted by atomic mass is 10.0. The lowest BCUT2D eigenvalue weighted by Gasteiger charge is -2.14. The highest BCUT2D eigenvalue weighted by atomic mass is 32.2. The van der Waals surface area contributed by atoms with Gasteiger partial charge >= 0.3 is 5.97 Å². The molecule has 1 atom stereocenters. The Morgan fingerprint density at radius 3 is 2.62 bits per heavy atom. The fourth-order valence-electron chi connectivity index (χ4n) is 2.45. The van der Waals surface area contributed by atoms with E-state index in [1.54, 1.807) is 13.0 Å². The van der Waals surface area contributed by atoms with Gasteiger partial charge < -0.3 is 15.4 Å². The molecule has 2 aromatic rings. The Bertz CT molecular complexity index is 793. The number of nitrogens with one attached hydrogen (secondary N) is 2. The van der Waals surface area contributed by atoms with Crippen LogP contribution < -0.4 is 5.32 Å². The predicted octanol–water partition coefficient (Wildman–Crippen LogP) is 1.62. The number of H-pyrrole nitrogens is 1. The third-order valence-electron chi connectivity index (χ3n) is 3.38. The number of hydrogen-bond donors (Lipinski definition) is 3. The molecule has 0 spiro atoms. The van der Waals surface area contributed by atoms with E-state index in [0.29, 0.717) is 23.2 Å². The molecule has 3 N–H and O–H groups in total. The monoisotopic (exact) mass is 310 g/mol. The van der Waals surface area contributed by atoms with Gasteiger partial charge in [-0.3, -0.25) is 4.79 Å². The normalized spacial score (nSPS) is 13.5. The molecule has 0 saturated carbocycles. The quantitative estimate of drug-likeness (QED) is 0.779. The van der Waals surface area contributed by atoms with Crippen LogP contribution in [0, 0.1) is 6.92 Å². The van der Waals surface area contributed by atoms with Gasteiger partial charge in [0.2, 0.25) is 0 Å². The molecule has 1 heterocycles. The lowest BCUT2D eigenvalue weighted by molar-refractivity contribution is -0.139. The van der Waals surface area contributed by atoms with Gasteiger partial charge in [-0.1, -0.05) is 6.92 Å². The smallest absolute Gasteiger partial charge is 0.325 e. The molecule has 0 radical (unpaired) electrons. The number of carboxylic acids is 1. The van der Waals surface area contributed by atoms with E-state index in [0.717, 1.165) is 11.8 Å². The minimum Gasteiger partial charge on any atom is -0.480 e. The van der Waals surface area contributed by atoms with Crippen LogP contribution in [0.1, 0.15) is 24.2 Å². The third kappa shape index (κ3) is 2.93. The number of sulfone groups is 1. The zero-order valence-corrected chi connectivity index (χ0v) is 12.9. The van der Waals surface area contributed by atoms with Crippen molar-refractivity contribution in [3.8, 4) is 0 Å². The number of likely N-dealkylation sites (N-methyl/N-ethyl adjacent to an activating group) is 1. The van der Waals surface area contributed by atoms with Crippen LogP contribution in [-0.4, -0.2) is 37.3 Å². The number of benzene rings is 1. The van der Waals surface area contributed by atoms with Crippen LogP contribution in [0.15, 0.2) is 23.1 Å². The maximum Gasteiger partial charge on any atom is 0.325 e. The molecule has 114 valence electrons. The van der Waals surface area contributed by atoms with Crippen LogP contribution in [0.5, 0.6) is 0 Å². The van der Waals surface area contributed by atoms with E-state index in [1.165, 1.54) is 12.1 Å². The molecule has 1 unspecified atom stereocenters. The number of carboxylic acid groups (broad SMARTS) is 1. The summed E-state index contributed by atoms with van der Waals surface area (Å²) in [7, 11) is -3.34. The summed E-state index contributed by atoms with van der Waals surface area (Å²) in [5, 5.41) is 12.9. The number of carbonyl (C=O) groups is 1. The Balaban J connectivity index is 2.72. The fraction of sp³-hybridized carbons (Fsp3) is 0.357. The molecule has 0 aliphatic heterocycles. The maximum atomic E-state index is 11.7. The first-order valence-electron chi connectivity index (χ1n) is 6.54. The predicted molar refractivity (Wildman–Crippen MR) is 80.2 cm³/mol. The molecule has 0 aliphatic carbocycles. The number of aliphatic carboxylic acids is 1. The van der Waals surface area contributed by atoms with Crippen molar-refractivity contribution in [2.24, 2.45) is 0 Å². The van der Waals surface area contributed by atoms with Gasteiger partial charge in [0.1, 0.15) is 6.04 Å². The van der Waals surface area contributed by atoms with E-state index in [1.807, 2.05) is 6.92 Å². The van der Waals surface area contributed by atoms with Crippen LogP contribution in [-0.2, 0) is 14.6 Å². The lowest BCUT2D eigenvalue weighted by Crippen LogP contribution is -2.28. The van der Waals surface area contributed by atoms with E-state index in [-0.39, 0.29) is 4.90 Å². The van der Waals surface area contributed by atoms with Crippen molar-refractivity contribution >= 4 is 26.7 Å². The van der Waals surface area contributed by atoms with Crippen molar-refractivity contribution < 1.29 is 18.3 Å². The van der Waals surface area contributed by atoms with Gasteiger partial charge in [-0.05, 0) is 31.7 Å². The average molecular weight is 310 g/mol. The zero-order chi connectivity index (χ0) is 15.8. The molecule has 0 saturated heterocycles. The van der Waals surface area contributed by atoms with Gasteiger partial charge in [0.15, 0.2) is 9.84 Å². The van der Waals surface area contributed by atoms with Gasteiger partial charge in [-0.25, -0.2) is 8.42 Å². The van der Waals surface area contributed by atoms with Crippen LogP contribution >= 0.6 is 0 Å². The Hall–Kier alpha value is -1.86. The van der Waals surface area contributed by atoms with Gasteiger partial charge in [0.05, 0.1) is 4.90 Å². The number of rotatable bonds is 5. The standard InChI is InChI=1S/C14H18N2O4S/c1-4-15-13(14(17)18)12-8(2)16-11-6-5-9(7-10(11)12)21(3,19)20/h5-7,13,15-16H,4H2,1-3H3,(H,17,18). The molecule has 0 amide bonds. The SMILES string of the molecule is CCNC(C(=O)O)c1c(C)[nH]c2ccc(S(C)(=O)=O)cc12. The molecule has 1 aromatic carbocycles. The van der Waals surface area contributed by atoms with E-state index >= 15 is 0 Å². The average Bonchev–Trinajstić information content (AvgIpc) is 2.69. The first-order valence-corrected chi connectivity index (χ1v) is 8.43. The van der Waals surface area contributed by atoms with Crippen LogP contribution in [0.25, 0.3) is 10.9 Å². The van der Waals surface area contributed by atoms with E-state index in [2.05, 4.69) is 10.3 Å². The van der Waals surface area contributed by atoms with Crippen molar-refractivity contribution in [1.82, 2.24) is 10.3 Å². The van der Waals surface area contributed by atoms with Crippen molar-refractivity contribution in [3.63, 3.8) is 0 Å². The molecule has 0 bridgehead atoms. The largest absolute Gasteiger partial charge is 0.480 e. The van der Waals surface area contributed by atoms with Crippen LogP contribution in [0.3, 0.4) is 0 Å². The van der Waals surface area contributed by atoms with Gasteiger partial charge in [-0.15, -0.1) is 0 Å². The topological polar surface area (TPSA) is 99.3 Å². The summed E-state index contributed by atoms with van der Waals surface area (Å²) in [6.45, 7) is 4.10. The van der Waals surface area contributed by atoms with Gasteiger partial charge in [0, 0.05) is 28.4 Å². The van der Waals surface area contributed by atoms with E-state index in [9.17, 15) is 18.3 Å². The molecule has 21 heavy (non-hydrogen) atoms. The second kappa shape index (κ2) is 5.50. The summed E-state index contributed by atoms with van der Waals surface area (Å²) in [5.41, 5.74) is 2.01. The Morgan fingerprint density at radius 2 is 2.10 bits per heavy atom. The Morgan fingerprint density at radius 1 is 1.43 bits per heavy atom. The molecular formula is C14H18N2O4S. The fourth-order valence-corrected chi connectivity index (χ4v) is 3.09. The minimum atomic E-state index is -3.34. The molecular weight excluding hydrogens is 292 g/mol. The molecule has 2 rings (SSSR count). The van der Waals surface area contributed by atoms with Crippen molar-refractivity contribution in [2.75, 3.05) is 12.8 Å². The minimum absolute atomic E-state index is 0.177. The maximum absolute atomic E-state index is 11.7. The van der Waals surface area contributed by atoms with Crippen LogP contribution in [0.2, 0.25) is 0 Å². The summed E-state index contributed by atoms with van der Waals surface area (Å²) >= 11 is 0. The summed E-state index contributed by atoms with van der Waals surface area (Å²) in [5.74, 6) is -0.995.